The van der Waals surface area contributed by atoms with Gasteiger partial charge in [-0.1, -0.05) is 60.7 Å². The number of ketones is 1. The quantitative estimate of drug-likeness (QED) is 0.458. The van der Waals surface area contributed by atoms with Crippen LogP contribution in [-0.4, -0.2) is 42.3 Å². The van der Waals surface area contributed by atoms with Crippen LogP contribution >= 0.6 is 0 Å². The van der Waals surface area contributed by atoms with Crippen LogP contribution in [0.5, 0.6) is 0 Å². The van der Waals surface area contributed by atoms with E-state index in [0.717, 1.165) is 11.1 Å². The Hall–Kier alpha value is -3.55. The van der Waals surface area contributed by atoms with Gasteiger partial charge in [0, 0.05) is 6.42 Å². The lowest BCUT2D eigenvalue weighted by molar-refractivity contribution is -0.133. The maximum Gasteiger partial charge on any atom is 0.408 e. The topological polar surface area (TPSA) is 102 Å². The van der Waals surface area contributed by atoms with E-state index in [1.807, 2.05) is 12.1 Å². The Labute approximate surface area is 173 Å². The van der Waals surface area contributed by atoms with E-state index in [2.05, 4.69) is 10.6 Å². The highest BCUT2D eigenvalue weighted by atomic mass is 19.1. The first-order valence-electron chi connectivity index (χ1n) is 9.35. The van der Waals surface area contributed by atoms with E-state index in [9.17, 15) is 23.6 Å². The van der Waals surface area contributed by atoms with Gasteiger partial charge in [0.15, 0.2) is 12.1 Å². The molecule has 0 bridgehead atoms. The summed E-state index contributed by atoms with van der Waals surface area (Å²) in [5.41, 5.74) is 1.54. The lowest BCUT2D eigenvalue weighted by atomic mass is 10.0. The van der Waals surface area contributed by atoms with Crippen LogP contribution < -0.4 is 10.6 Å². The molecule has 2 N–H and O–H groups in total. The van der Waals surface area contributed by atoms with E-state index >= 15 is 0 Å². The molecule has 8 heteroatoms. The van der Waals surface area contributed by atoms with E-state index in [1.165, 1.54) is 6.92 Å². The zero-order valence-electron chi connectivity index (χ0n) is 16.4. The number of hydrogen-bond donors (Lipinski definition) is 2. The number of ether oxygens (including phenoxy) is 1. The smallest absolute Gasteiger partial charge is 0.408 e. The van der Waals surface area contributed by atoms with Crippen LogP contribution in [0.25, 0.3) is 0 Å². The van der Waals surface area contributed by atoms with E-state index < -0.39 is 36.0 Å². The van der Waals surface area contributed by atoms with Crippen LogP contribution in [-0.2, 0) is 32.1 Å². The molecule has 0 aliphatic heterocycles. The van der Waals surface area contributed by atoms with Crippen molar-refractivity contribution < 1.29 is 28.3 Å². The Kier molecular flexibility index (Phi) is 8.68. The minimum atomic E-state index is -2.32. The maximum absolute atomic E-state index is 13.3. The zero-order chi connectivity index (χ0) is 21.9. The van der Waals surface area contributed by atoms with Gasteiger partial charge >= 0.3 is 6.09 Å². The van der Waals surface area contributed by atoms with Crippen molar-refractivity contribution in [2.45, 2.75) is 38.2 Å². The van der Waals surface area contributed by atoms with Crippen molar-refractivity contribution in [3.8, 4) is 0 Å². The van der Waals surface area contributed by atoms with E-state index in [0.29, 0.717) is 0 Å². The molecule has 30 heavy (non-hydrogen) atoms. The Morgan fingerprint density at radius 2 is 1.53 bits per heavy atom. The first kappa shape index (κ1) is 22.7. The summed E-state index contributed by atoms with van der Waals surface area (Å²) in [5, 5.41) is 4.81. The van der Waals surface area contributed by atoms with Crippen molar-refractivity contribution in [2.75, 3.05) is 0 Å². The molecule has 0 saturated heterocycles. The van der Waals surface area contributed by atoms with Crippen LogP contribution in [0.4, 0.5) is 9.18 Å². The number of Topliss-reactive ketones (excluding diaryl/α,β-unsaturated/α-hetero) is 1. The second-order valence-corrected chi connectivity index (χ2v) is 6.62. The monoisotopic (exact) mass is 414 g/mol. The number of rotatable bonds is 10. The van der Waals surface area contributed by atoms with E-state index in [-0.39, 0.29) is 19.3 Å². The summed E-state index contributed by atoms with van der Waals surface area (Å²) in [7, 11) is 0. The van der Waals surface area contributed by atoms with Crippen molar-refractivity contribution in [1.82, 2.24) is 10.6 Å². The molecule has 2 aromatic carbocycles. The number of nitrogens with one attached hydrogen (secondary N) is 2. The molecule has 0 aliphatic carbocycles. The normalized spacial score (nSPS) is 13.4. The second-order valence-electron chi connectivity index (χ2n) is 6.62. The van der Waals surface area contributed by atoms with Gasteiger partial charge in [-0.05, 0) is 18.1 Å². The number of alkyl carbamates (subject to hydrolysis) is 1. The lowest BCUT2D eigenvalue weighted by Crippen LogP contribution is -2.52. The molecule has 0 saturated carbocycles. The fourth-order valence-corrected chi connectivity index (χ4v) is 2.66. The van der Waals surface area contributed by atoms with Crippen LogP contribution in [0.1, 0.15) is 18.1 Å². The third kappa shape index (κ3) is 7.12. The van der Waals surface area contributed by atoms with E-state index in [1.54, 1.807) is 48.5 Å². The minimum absolute atomic E-state index is 0.0180. The highest BCUT2D eigenvalue weighted by Crippen LogP contribution is 2.06. The molecule has 2 rings (SSSR count). The van der Waals surface area contributed by atoms with Gasteiger partial charge in [0.2, 0.25) is 12.1 Å². The summed E-state index contributed by atoms with van der Waals surface area (Å²) in [4.78, 5) is 47.1. The van der Waals surface area contributed by atoms with E-state index in [4.69, 9.17) is 4.74 Å². The van der Waals surface area contributed by atoms with Crippen molar-refractivity contribution in [3.05, 3.63) is 71.8 Å². The molecule has 158 valence electrons. The predicted octanol–water partition coefficient (Wildman–Crippen LogP) is 2.13. The fraction of sp³-hybridized carbons (Fsp3) is 0.273. The second kappa shape index (κ2) is 11.5. The Balaban J connectivity index is 2.03. The van der Waals surface area contributed by atoms with Crippen molar-refractivity contribution in [2.24, 2.45) is 0 Å². The molecule has 3 atom stereocenters. The number of benzene rings is 2. The molecule has 0 aliphatic rings. The maximum atomic E-state index is 13.3. The van der Waals surface area contributed by atoms with Crippen molar-refractivity contribution >= 4 is 24.1 Å². The molecular weight excluding hydrogens is 391 g/mol. The molecule has 0 radical (unpaired) electrons. The summed E-state index contributed by atoms with van der Waals surface area (Å²) in [5.74, 6) is -1.77. The largest absolute Gasteiger partial charge is 0.445 e. The molecular formula is C22H23FN2O5. The lowest BCUT2D eigenvalue weighted by Gasteiger charge is -2.21. The minimum Gasteiger partial charge on any atom is -0.445 e. The number of aldehydes is 1. The molecule has 0 fully saturated rings. The van der Waals surface area contributed by atoms with Gasteiger partial charge in [-0.25, -0.2) is 9.18 Å². The SMILES string of the molecule is CC(NC(=O)C(Cc1ccccc1)NC(=O)OCc1ccccc1)C(=O)C(F)C=O. The summed E-state index contributed by atoms with van der Waals surface area (Å²) < 4.78 is 18.4. The molecule has 0 spiro atoms. The molecule has 7 nitrogen and oxygen atoms in total. The van der Waals surface area contributed by atoms with Crippen molar-refractivity contribution in [3.63, 3.8) is 0 Å². The number of carbonyl (C=O) groups is 4. The Morgan fingerprint density at radius 1 is 0.967 bits per heavy atom. The van der Waals surface area contributed by atoms with Crippen LogP contribution in [0.15, 0.2) is 60.7 Å². The molecule has 3 unspecified atom stereocenters. The van der Waals surface area contributed by atoms with Gasteiger partial charge in [-0.3, -0.25) is 14.4 Å². The predicted molar refractivity (Wildman–Crippen MR) is 107 cm³/mol. The van der Waals surface area contributed by atoms with Gasteiger partial charge in [-0.15, -0.1) is 0 Å². The van der Waals surface area contributed by atoms with Gasteiger partial charge in [0.1, 0.15) is 12.6 Å². The average Bonchev–Trinajstić information content (AvgIpc) is 2.77. The number of alkyl halides is 1. The number of halogens is 1. The highest BCUT2D eigenvalue weighted by Gasteiger charge is 2.28. The third-order valence-corrected chi connectivity index (χ3v) is 4.28. The summed E-state index contributed by atoms with van der Waals surface area (Å²) >= 11 is 0. The fourth-order valence-electron chi connectivity index (χ4n) is 2.66. The standard InChI is InChI=1S/C22H23FN2O5/c1-15(20(27)18(23)13-26)24-21(28)19(12-16-8-4-2-5-9-16)25-22(29)30-14-17-10-6-3-7-11-17/h2-11,13,15,18-19H,12,14H2,1H3,(H,24,28)(H,25,29). The average molecular weight is 414 g/mol. The molecule has 0 aromatic heterocycles. The molecule has 2 amide bonds. The first-order chi connectivity index (χ1) is 14.4. The zero-order valence-corrected chi connectivity index (χ0v) is 16.4. The van der Waals surface area contributed by atoms with Crippen molar-refractivity contribution in [1.29, 1.82) is 0 Å². The first-order valence-corrected chi connectivity index (χ1v) is 9.35. The summed E-state index contributed by atoms with van der Waals surface area (Å²) in [6.45, 7) is 1.29. The Bertz CT molecular complexity index is 860. The number of amides is 2. The number of hydrogen-bond acceptors (Lipinski definition) is 5. The Morgan fingerprint density at radius 3 is 2.10 bits per heavy atom. The third-order valence-electron chi connectivity index (χ3n) is 4.28. The van der Waals surface area contributed by atoms with Crippen LogP contribution in [0.2, 0.25) is 0 Å². The molecule has 0 heterocycles. The van der Waals surface area contributed by atoms with Gasteiger partial charge < -0.3 is 15.4 Å². The number of carbonyl (C=O) groups excluding carboxylic acids is 4. The van der Waals surface area contributed by atoms with Gasteiger partial charge in [0.25, 0.3) is 0 Å². The van der Waals surface area contributed by atoms with Crippen LogP contribution in [0, 0.1) is 0 Å². The highest BCUT2D eigenvalue weighted by molar-refractivity contribution is 6.01. The summed E-state index contributed by atoms with van der Waals surface area (Å²) in [6.07, 6.45) is -3.14. The molecule has 2 aromatic rings. The summed E-state index contributed by atoms with van der Waals surface area (Å²) in [6, 6.07) is 15.6. The van der Waals surface area contributed by atoms with Gasteiger partial charge in [0.05, 0.1) is 6.04 Å². The van der Waals surface area contributed by atoms with Crippen LogP contribution in [0.3, 0.4) is 0 Å². The van der Waals surface area contributed by atoms with Gasteiger partial charge in [-0.2, -0.15) is 0 Å².